The number of piperazine rings is 1. The molecule has 0 radical (unpaired) electrons. The Labute approximate surface area is 145 Å². The van der Waals surface area contributed by atoms with Crippen molar-refractivity contribution < 1.29 is 9.53 Å². The summed E-state index contributed by atoms with van der Waals surface area (Å²) in [6.45, 7) is 4.69. The van der Waals surface area contributed by atoms with Gasteiger partial charge in [0.05, 0.1) is 13.2 Å². The van der Waals surface area contributed by atoms with Gasteiger partial charge >= 0.3 is 6.03 Å². The van der Waals surface area contributed by atoms with E-state index in [0.29, 0.717) is 38.0 Å². The molecule has 0 unspecified atom stereocenters. The zero-order valence-electron chi connectivity index (χ0n) is 13.8. The highest BCUT2D eigenvalue weighted by molar-refractivity contribution is 7.07. The Morgan fingerprint density at radius 2 is 2.12 bits per heavy atom. The van der Waals surface area contributed by atoms with Gasteiger partial charge in [-0.3, -0.25) is 0 Å². The van der Waals surface area contributed by atoms with Crippen LogP contribution < -0.4 is 15.0 Å². The van der Waals surface area contributed by atoms with Crippen LogP contribution in [0.5, 0.6) is 5.88 Å². The van der Waals surface area contributed by atoms with E-state index in [9.17, 15) is 4.79 Å². The monoisotopic (exact) mass is 347 g/mol. The number of urea groups is 1. The third-order valence-corrected chi connectivity index (χ3v) is 4.76. The molecule has 1 saturated heterocycles. The lowest BCUT2D eigenvalue weighted by atomic mass is 10.2. The first-order chi connectivity index (χ1) is 11.7. The van der Waals surface area contributed by atoms with E-state index >= 15 is 0 Å². The molecule has 3 heterocycles. The van der Waals surface area contributed by atoms with E-state index in [2.05, 4.69) is 25.6 Å². The first-order valence-corrected chi connectivity index (χ1v) is 8.81. The molecule has 8 heteroatoms. The minimum atomic E-state index is -0.0279. The lowest BCUT2D eigenvalue weighted by molar-refractivity contribution is 0.191. The number of aromatic nitrogens is 2. The fraction of sp³-hybridized carbons (Fsp3) is 0.438. The molecule has 0 aromatic carbocycles. The predicted molar refractivity (Wildman–Crippen MR) is 93.6 cm³/mol. The van der Waals surface area contributed by atoms with Crippen molar-refractivity contribution in [2.45, 2.75) is 13.0 Å². The molecule has 1 aliphatic rings. The number of ether oxygens (including phenoxy) is 1. The van der Waals surface area contributed by atoms with Crippen molar-refractivity contribution in [3.63, 3.8) is 0 Å². The molecule has 2 aromatic heterocycles. The Bertz CT molecular complexity index is 671. The number of nitrogens with zero attached hydrogens (tertiary/aromatic N) is 4. The zero-order valence-corrected chi connectivity index (χ0v) is 14.6. The van der Waals surface area contributed by atoms with E-state index in [0.717, 1.165) is 5.56 Å². The zero-order chi connectivity index (χ0) is 16.9. The summed E-state index contributed by atoms with van der Waals surface area (Å²) in [7, 11) is 1.59. The van der Waals surface area contributed by atoms with Crippen LogP contribution in [-0.2, 0) is 0 Å². The van der Waals surface area contributed by atoms with E-state index in [1.165, 1.54) is 0 Å². The molecule has 3 rings (SSSR count). The van der Waals surface area contributed by atoms with Crippen molar-refractivity contribution in [1.29, 1.82) is 0 Å². The molecule has 7 nitrogen and oxygen atoms in total. The third kappa shape index (κ3) is 3.76. The lowest BCUT2D eigenvalue weighted by Crippen LogP contribution is -2.52. The molecule has 1 fully saturated rings. The minimum absolute atomic E-state index is 0.0171. The van der Waals surface area contributed by atoms with Crippen LogP contribution >= 0.6 is 11.3 Å². The third-order valence-electron chi connectivity index (χ3n) is 4.06. The molecular weight excluding hydrogens is 326 g/mol. The standard InChI is InChI=1S/C16H21N5O2S/c1-12(13-4-10-24-11-13)18-16(22)21-8-6-20(7-9-21)15-17-5-3-14(19-15)23-2/h3-5,10-12H,6-9H2,1-2H3,(H,18,22)/t12-/m1/s1. The SMILES string of the molecule is COc1ccnc(N2CCN(C(=O)N[C@H](C)c3ccsc3)CC2)n1. The quantitative estimate of drug-likeness (QED) is 0.917. The number of rotatable bonds is 4. The fourth-order valence-electron chi connectivity index (χ4n) is 2.59. The molecule has 0 spiro atoms. The molecule has 0 bridgehead atoms. The number of hydrogen-bond acceptors (Lipinski definition) is 6. The van der Waals surface area contributed by atoms with Crippen molar-refractivity contribution in [1.82, 2.24) is 20.2 Å². The summed E-state index contributed by atoms with van der Waals surface area (Å²) in [5.41, 5.74) is 1.14. The molecule has 128 valence electrons. The second-order valence-electron chi connectivity index (χ2n) is 5.60. The molecule has 1 atom stereocenters. The Kier molecular flexibility index (Phi) is 5.14. The first-order valence-electron chi connectivity index (χ1n) is 7.87. The number of methoxy groups -OCH3 is 1. The summed E-state index contributed by atoms with van der Waals surface area (Å²) >= 11 is 1.64. The van der Waals surface area contributed by atoms with Gasteiger partial charge in [0.2, 0.25) is 11.8 Å². The number of hydrogen-bond donors (Lipinski definition) is 1. The number of anilines is 1. The average molecular weight is 347 g/mol. The van der Waals surface area contributed by atoms with Gasteiger partial charge in [0.25, 0.3) is 0 Å². The second kappa shape index (κ2) is 7.48. The largest absolute Gasteiger partial charge is 0.481 e. The highest BCUT2D eigenvalue weighted by Crippen LogP contribution is 2.17. The van der Waals surface area contributed by atoms with Crippen LogP contribution in [0.3, 0.4) is 0 Å². The van der Waals surface area contributed by atoms with Crippen molar-refractivity contribution in [3.05, 3.63) is 34.7 Å². The van der Waals surface area contributed by atoms with Gasteiger partial charge < -0.3 is 19.9 Å². The van der Waals surface area contributed by atoms with Gasteiger partial charge in [0.1, 0.15) is 0 Å². The molecule has 0 aliphatic carbocycles. The van der Waals surface area contributed by atoms with Gasteiger partial charge in [-0.15, -0.1) is 0 Å². The van der Waals surface area contributed by atoms with E-state index in [-0.39, 0.29) is 12.1 Å². The van der Waals surface area contributed by atoms with Gasteiger partial charge in [0, 0.05) is 38.4 Å². The highest BCUT2D eigenvalue weighted by atomic mass is 32.1. The van der Waals surface area contributed by atoms with E-state index in [1.54, 1.807) is 30.7 Å². The molecule has 2 aromatic rings. The molecule has 1 N–H and O–H groups in total. The maximum Gasteiger partial charge on any atom is 0.317 e. The summed E-state index contributed by atoms with van der Waals surface area (Å²) < 4.78 is 5.13. The van der Waals surface area contributed by atoms with Crippen LogP contribution in [0.15, 0.2) is 29.1 Å². The van der Waals surface area contributed by atoms with E-state index in [1.807, 2.05) is 23.3 Å². The second-order valence-corrected chi connectivity index (χ2v) is 6.38. The van der Waals surface area contributed by atoms with Crippen LogP contribution in [-0.4, -0.2) is 54.2 Å². The fourth-order valence-corrected chi connectivity index (χ4v) is 3.34. The highest BCUT2D eigenvalue weighted by Gasteiger charge is 2.23. The summed E-state index contributed by atoms with van der Waals surface area (Å²) in [5.74, 6) is 1.19. The van der Waals surface area contributed by atoms with Crippen molar-refractivity contribution in [2.75, 3.05) is 38.2 Å². The minimum Gasteiger partial charge on any atom is -0.481 e. The molecule has 2 amide bonds. The van der Waals surface area contributed by atoms with Crippen LogP contribution in [0.2, 0.25) is 0 Å². The summed E-state index contributed by atoms with van der Waals surface area (Å²) in [5, 5.41) is 7.13. The number of nitrogens with one attached hydrogen (secondary N) is 1. The molecular formula is C16H21N5O2S. The number of amides is 2. The molecule has 24 heavy (non-hydrogen) atoms. The van der Waals surface area contributed by atoms with Gasteiger partial charge in [-0.2, -0.15) is 16.3 Å². The summed E-state index contributed by atoms with van der Waals surface area (Å²) in [6, 6.07) is 3.75. The van der Waals surface area contributed by atoms with Crippen LogP contribution in [0.1, 0.15) is 18.5 Å². The number of thiophene rings is 1. The Balaban J connectivity index is 1.53. The van der Waals surface area contributed by atoms with Crippen molar-refractivity contribution in [2.24, 2.45) is 0 Å². The summed E-state index contributed by atoms with van der Waals surface area (Å²) in [6.07, 6.45) is 1.68. The Morgan fingerprint density at radius 1 is 1.33 bits per heavy atom. The van der Waals surface area contributed by atoms with Crippen LogP contribution in [0.4, 0.5) is 10.7 Å². The van der Waals surface area contributed by atoms with Gasteiger partial charge in [-0.1, -0.05) is 0 Å². The van der Waals surface area contributed by atoms with Gasteiger partial charge in [0.15, 0.2) is 0 Å². The maximum absolute atomic E-state index is 12.4. The number of carbonyl (C=O) groups excluding carboxylic acids is 1. The van der Waals surface area contributed by atoms with Gasteiger partial charge in [-0.25, -0.2) is 9.78 Å². The number of carbonyl (C=O) groups is 1. The average Bonchev–Trinajstić information content (AvgIpc) is 3.16. The lowest BCUT2D eigenvalue weighted by Gasteiger charge is -2.35. The Morgan fingerprint density at radius 3 is 2.79 bits per heavy atom. The predicted octanol–water partition coefficient (Wildman–Crippen LogP) is 2.14. The van der Waals surface area contributed by atoms with Crippen LogP contribution in [0, 0.1) is 0 Å². The normalized spacial score (nSPS) is 15.9. The van der Waals surface area contributed by atoms with Gasteiger partial charge in [-0.05, 0) is 29.3 Å². The molecule has 0 saturated carbocycles. The van der Waals surface area contributed by atoms with E-state index in [4.69, 9.17) is 4.74 Å². The smallest absolute Gasteiger partial charge is 0.317 e. The maximum atomic E-state index is 12.4. The van der Waals surface area contributed by atoms with Crippen molar-refractivity contribution >= 4 is 23.3 Å². The van der Waals surface area contributed by atoms with Crippen molar-refractivity contribution in [3.8, 4) is 5.88 Å². The van der Waals surface area contributed by atoms with E-state index < -0.39 is 0 Å². The summed E-state index contributed by atoms with van der Waals surface area (Å²) in [4.78, 5) is 24.9. The first kappa shape index (κ1) is 16.5. The topological polar surface area (TPSA) is 70.6 Å². The van der Waals surface area contributed by atoms with Crippen LogP contribution in [0.25, 0.3) is 0 Å². The molecule has 1 aliphatic heterocycles. The Hall–Kier alpha value is -2.35.